The van der Waals surface area contributed by atoms with Crippen LogP contribution in [0.5, 0.6) is 0 Å². The molecule has 0 radical (unpaired) electrons. The average Bonchev–Trinajstić information content (AvgIpc) is 3.93. The summed E-state index contributed by atoms with van der Waals surface area (Å²) in [5.41, 5.74) is 0. The fourth-order valence-corrected chi connectivity index (χ4v) is 8.89. The molecule has 1 unspecified atom stereocenters. The van der Waals surface area contributed by atoms with Crippen molar-refractivity contribution in [3.63, 3.8) is 0 Å². The van der Waals surface area contributed by atoms with Gasteiger partial charge in [0.1, 0.15) is 30.2 Å². The summed E-state index contributed by atoms with van der Waals surface area (Å²) >= 11 is 0. The smallest absolute Gasteiger partial charge is 0.305 e. The highest BCUT2D eigenvalue weighted by molar-refractivity contribution is 5.98. The Kier molecular flexibility index (Phi) is 18.2. The van der Waals surface area contributed by atoms with Crippen LogP contribution in [0.15, 0.2) is 0 Å². The molecule has 0 spiro atoms. The predicted molar refractivity (Wildman–Crippen MR) is 213 cm³/mol. The van der Waals surface area contributed by atoms with Crippen LogP contribution >= 0.6 is 0 Å². The van der Waals surface area contributed by atoms with E-state index >= 15 is 0 Å². The van der Waals surface area contributed by atoms with Gasteiger partial charge in [0.2, 0.25) is 41.4 Å². The molecule has 6 N–H and O–H groups in total. The van der Waals surface area contributed by atoms with Gasteiger partial charge >= 0.3 is 5.97 Å². The van der Waals surface area contributed by atoms with Crippen LogP contribution in [0.25, 0.3) is 0 Å². The van der Waals surface area contributed by atoms with Crippen molar-refractivity contribution >= 4 is 47.3 Å². The fourth-order valence-electron chi connectivity index (χ4n) is 8.89. The number of piperidine rings is 1. The number of amides is 7. The molecule has 4 fully saturated rings. The number of carboxylic acids is 1. The Morgan fingerprint density at radius 2 is 1.24 bits per heavy atom. The third kappa shape index (κ3) is 13.1. The lowest BCUT2D eigenvalue weighted by Crippen LogP contribution is -2.61. The van der Waals surface area contributed by atoms with Crippen molar-refractivity contribution in [2.24, 2.45) is 11.8 Å². The first-order chi connectivity index (χ1) is 27.7. The third-order valence-corrected chi connectivity index (χ3v) is 12.2. The van der Waals surface area contributed by atoms with Crippen molar-refractivity contribution in [1.82, 2.24) is 36.0 Å². The number of nitrogens with one attached hydrogen (secondary N) is 4. The van der Waals surface area contributed by atoms with E-state index in [9.17, 15) is 48.6 Å². The van der Waals surface area contributed by atoms with E-state index in [2.05, 4.69) is 28.2 Å². The molecule has 0 bridgehead atoms. The van der Waals surface area contributed by atoms with E-state index in [1.807, 2.05) is 6.92 Å². The van der Waals surface area contributed by atoms with Crippen LogP contribution < -0.4 is 21.3 Å². The number of carboxylic acid groups (broad SMARTS) is 1. The first kappa shape index (κ1) is 46.4. The lowest BCUT2D eigenvalue weighted by atomic mass is 9.79. The second kappa shape index (κ2) is 22.8. The Labute approximate surface area is 342 Å². The summed E-state index contributed by atoms with van der Waals surface area (Å²) in [6, 6.07) is -6.09. The molecule has 17 nitrogen and oxygen atoms in total. The number of hydrogen-bond donors (Lipinski definition) is 6. The first-order valence-electron chi connectivity index (χ1n) is 21.7. The Hall–Kier alpha value is -4.28. The molecular weight excluding hydrogens is 750 g/mol. The van der Waals surface area contributed by atoms with Crippen LogP contribution in [-0.2, 0) is 38.4 Å². The SMILES string of the molecule is CCCNC(=O)[C@@H](NC(=O)[C@@H]1CCCN1C(=O)[C@H](CC(=O)O)NC(=O)[C@@H]1CCCCN1C(=O)[C@H](CCC(=O)N1CCCC1)NC(=O)C[C@H](C)C1CCCCC1)C(C)O. The quantitative estimate of drug-likeness (QED) is 0.109. The van der Waals surface area contributed by atoms with Gasteiger partial charge in [0, 0.05) is 45.6 Å². The molecule has 17 heteroatoms. The molecule has 0 aromatic rings. The number of carbonyl (C=O) groups excluding carboxylic acids is 7. The van der Waals surface area contributed by atoms with Crippen molar-refractivity contribution in [2.45, 2.75) is 166 Å². The maximum Gasteiger partial charge on any atom is 0.305 e. The van der Waals surface area contributed by atoms with Gasteiger partial charge in [-0.3, -0.25) is 38.4 Å². The average molecular weight is 818 g/mol. The zero-order valence-corrected chi connectivity index (χ0v) is 34.7. The molecule has 7 atom stereocenters. The van der Waals surface area contributed by atoms with Crippen molar-refractivity contribution in [2.75, 3.05) is 32.7 Å². The number of aliphatic hydroxyl groups is 1. The molecule has 0 aromatic heterocycles. The molecule has 1 aliphatic carbocycles. The lowest BCUT2D eigenvalue weighted by Gasteiger charge is -2.38. The highest BCUT2D eigenvalue weighted by Crippen LogP contribution is 2.31. The van der Waals surface area contributed by atoms with Gasteiger partial charge in [-0.05, 0) is 76.5 Å². The van der Waals surface area contributed by atoms with Crippen molar-refractivity contribution in [3.05, 3.63) is 0 Å². The van der Waals surface area contributed by atoms with E-state index in [-0.39, 0.29) is 62.9 Å². The summed E-state index contributed by atoms with van der Waals surface area (Å²) in [5.74, 6) is -4.56. The summed E-state index contributed by atoms with van der Waals surface area (Å²) < 4.78 is 0. The zero-order chi connectivity index (χ0) is 42.4. The molecule has 0 aromatic carbocycles. The summed E-state index contributed by atoms with van der Waals surface area (Å²) in [6.07, 6.45) is 8.32. The van der Waals surface area contributed by atoms with E-state index in [1.54, 1.807) is 4.90 Å². The van der Waals surface area contributed by atoms with Gasteiger partial charge in [-0.25, -0.2) is 0 Å². The molecule has 4 aliphatic rings. The van der Waals surface area contributed by atoms with E-state index in [1.165, 1.54) is 23.1 Å². The van der Waals surface area contributed by atoms with Crippen molar-refractivity contribution in [3.8, 4) is 0 Å². The van der Waals surface area contributed by atoms with Crippen LogP contribution in [0.2, 0.25) is 0 Å². The Morgan fingerprint density at radius 3 is 1.86 bits per heavy atom. The van der Waals surface area contributed by atoms with Crippen LogP contribution in [0.1, 0.15) is 130 Å². The minimum Gasteiger partial charge on any atom is -0.481 e. The lowest BCUT2D eigenvalue weighted by molar-refractivity contribution is -0.149. The highest BCUT2D eigenvalue weighted by atomic mass is 16.4. The van der Waals surface area contributed by atoms with Crippen molar-refractivity contribution < 1.29 is 48.6 Å². The summed E-state index contributed by atoms with van der Waals surface area (Å²) in [4.78, 5) is 111. The number of nitrogens with zero attached hydrogens (tertiary/aromatic N) is 3. The van der Waals surface area contributed by atoms with Crippen LogP contribution in [0.3, 0.4) is 0 Å². The minimum atomic E-state index is -1.58. The van der Waals surface area contributed by atoms with Gasteiger partial charge in [0.25, 0.3) is 0 Å². The van der Waals surface area contributed by atoms with Gasteiger partial charge in [-0.1, -0.05) is 46.0 Å². The predicted octanol–water partition coefficient (Wildman–Crippen LogP) is 1.20. The fraction of sp³-hybridized carbons (Fsp3) is 0.805. The van der Waals surface area contributed by atoms with Crippen molar-refractivity contribution in [1.29, 1.82) is 0 Å². The van der Waals surface area contributed by atoms with E-state index < -0.39 is 78.2 Å². The summed E-state index contributed by atoms with van der Waals surface area (Å²) in [6.45, 7) is 7.17. The largest absolute Gasteiger partial charge is 0.481 e. The van der Waals surface area contributed by atoms with Gasteiger partial charge in [0.05, 0.1) is 12.5 Å². The normalized spacial score (nSPS) is 22.6. The Balaban J connectivity index is 1.48. The highest BCUT2D eigenvalue weighted by Gasteiger charge is 2.42. The topological polar surface area (TPSA) is 235 Å². The molecule has 3 aliphatic heterocycles. The van der Waals surface area contributed by atoms with E-state index in [0.29, 0.717) is 51.2 Å². The van der Waals surface area contributed by atoms with Crippen LogP contribution in [-0.4, -0.2) is 141 Å². The van der Waals surface area contributed by atoms with Gasteiger partial charge in [-0.2, -0.15) is 0 Å². The minimum absolute atomic E-state index is 0.0424. The number of likely N-dealkylation sites (tertiary alicyclic amines) is 3. The summed E-state index contributed by atoms with van der Waals surface area (Å²) in [5, 5.41) is 30.7. The summed E-state index contributed by atoms with van der Waals surface area (Å²) in [7, 11) is 0. The Bertz CT molecular complexity index is 1460. The van der Waals surface area contributed by atoms with Crippen LogP contribution in [0, 0.1) is 11.8 Å². The molecule has 3 saturated heterocycles. The molecular formula is C41H67N7O10. The first-order valence-corrected chi connectivity index (χ1v) is 21.7. The van der Waals surface area contributed by atoms with E-state index in [0.717, 1.165) is 38.5 Å². The number of aliphatic carboxylic acids is 1. The number of aliphatic hydroxyl groups excluding tert-OH is 1. The molecule has 3 heterocycles. The molecule has 4 rings (SSSR count). The van der Waals surface area contributed by atoms with Gasteiger partial charge < -0.3 is 46.2 Å². The Morgan fingerprint density at radius 1 is 0.672 bits per heavy atom. The number of carbonyl (C=O) groups is 8. The maximum atomic E-state index is 14.4. The maximum absolute atomic E-state index is 14.4. The third-order valence-electron chi connectivity index (χ3n) is 12.2. The second-order valence-electron chi connectivity index (χ2n) is 16.7. The molecule has 7 amide bonds. The number of hydrogen-bond acceptors (Lipinski definition) is 9. The standard InChI is InChI=1S/C41H67N7O10/c1-4-19-42-39(56)36(27(3)49)45-38(55)32-16-12-23-48(32)41(58)30(25-35(52)53)44-37(54)31-15-8-9-22-47(31)40(57)29(17-18-34(51)46-20-10-11-21-46)43-33(50)24-26(2)28-13-6-5-7-14-28/h26-32,36,49H,4-25H2,1-3H3,(H,42,56)(H,43,50)(H,44,54)(H,45,55)(H,52,53)/t26-,27?,29-,30-,31-,32-,36-/m0/s1. The van der Waals surface area contributed by atoms with Crippen LogP contribution in [0.4, 0.5) is 0 Å². The molecule has 326 valence electrons. The number of rotatable bonds is 19. The second-order valence-corrected chi connectivity index (χ2v) is 16.7. The van der Waals surface area contributed by atoms with Gasteiger partial charge in [0.15, 0.2) is 0 Å². The van der Waals surface area contributed by atoms with Gasteiger partial charge in [-0.15, -0.1) is 0 Å². The zero-order valence-electron chi connectivity index (χ0n) is 34.7. The van der Waals surface area contributed by atoms with E-state index in [4.69, 9.17) is 0 Å². The molecule has 1 saturated carbocycles. The monoisotopic (exact) mass is 817 g/mol. The molecule has 58 heavy (non-hydrogen) atoms.